The van der Waals surface area contributed by atoms with Crippen molar-refractivity contribution >= 4 is 11.0 Å². The van der Waals surface area contributed by atoms with Gasteiger partial charge in [-0.1, -0.05) is 6.07 Å². The van der Waals surface area contributed by atoms with E-state index in [9.17, 15) is 8.78 Å². The van der Waals surface area contributed by atoms with Crippen molar-refractivity contribution in [2.45, 2.75) is 6.42 Å². The van der Waals surface area contributed by atoms with Gasteiger partial charge in [-0.25, -0.2) is 8.78 Å². The summed E-state index contributed by atoms with van der Waals surface area (Å²) < 4.78 is 29.4. The summed E-state index contributed by atoms with van der Waals surface area (Å²) in [5.74, 6) is -1.13. The molecule has 1 aromatic carbocycles. The van der Waals surface area contributed by atoms with E-state index in [1.54, 1.807) is 23.1 Å². The normalized spacial score (nSPS) is 11.2. The number of halogens is 2. The van der Waals surface area contributed by atoms with Crippen LogP contribution in [-0.4, -0.2) is 19.7 Å². The van der Waals surface area contributed by atoms with E-state index < -0.39 is 11.6 Å². The Morgan fingerprint density at radius 1 is 0.960 bits per heavy atom. The second-order valence-corrected chi connectivity index (χ2v) is 5.84. The largest absolute Gasteiger partial charge is 0.275 e. The molecule has 0 radical (unpaired) electrons. The van der Waals surface area contributed by atoms with Crippen LogP contribution in [0.2, 0.25) is 0 Å². The number of benzene rings is 1. The minimum Gasteiger partial charge on any atom is -0.275 e. The zero-order chi connectivity index (χ0) is 17.4. The van der Waals surface area contributed by atoms with E-state index in [1.165, 1.54) is 18.2 Å². The molecule has 0 bridgehead atoms. The number of pyridine rings is 2. The van der Waals surface area contributed by atoms with Crippen molar-refractivity contribution in [3.8, 4) is 11.1 Å². The van der Waals surface area contributed by atoms with Gasteiger partial charge in [0.2, 0.25) is 0 Å². The minimum absolute atomic E-state index is 0.0192. The highest BCUT2D eigenvalue weighted by atomic mass is 19.1. The molecule has 0 unspecified atom stereocenters. The van der Waals surface area contributed by atoms with Crippen LogP contribution in [-0.2, 0) is 13.5 Å². The predicted molar refractivity (Wildman–Crippen MR) is 90.9 cm³/mol. The quantitative estimate of drug-likeness (QED) is 0.570. The minimum atomic E-state index is -0.566. The second-order valence-electron chi connectivity index (χ2n) is 5.84. The van der Waals surface area contributed by atoms with Gasteiger partial charge in [0.25, 0.3) is 0 Å². The first kappa shape index (κ1) is 15.4. The Labute approximate surface area is 142 Å². The van der Waals surface area contributed by atoms with Crippen LogP contribution in [0, 0.1) is 11.6 Å². The highest BCUT2D eigenvalue weighted by Gasteiger charge is 2.11. The fourth-order valence-corrected chi connectivity index (χ4v) is 2.76. The Morgan fingerprint density at radius 2 is 1.76 bits per heavy atom. The van der Waals surface area contributed by atoms with Gasteiger partial charge in [-0.15, -0.1) is 0 Å². The Hall–Kier alpha value is -3.15. The van der Waals surface area contributed by atoms with Crippen molar-refractivity contribution in [1.29, 1.82) is 0 Å². The molecule has 0 saturated heterocycles. The maximum Gasteiger partial charge on any atom is 0.129 e. The van der Waals surface area contributed by atoms with E-state index in [0.29, 0.717) is 11.2 Å². The van der Waals surface area contributed by atoms with Crippen LogP contribution in [0.3, 0.4) is 0 Å². The average molecular weight is 336 g/mol. The summed E-state index contributed by atoms with van der Waals surface area (Å²) in [7, 11) is 1.84. The summed E-state index contributed by atoms with van der Waals surface area (Å²) in [6.45, 7) is 0. The first-order chi connectivity index (χ1) is 12.1. The van der Waals surface area contributed by atoms with Crippen LogP contribution in [0.15, 0.2) is 55.0 Å². The van der Waals surface area contributed by atoms with Crippen molar-refractivity contribution in [2.75, 3.05) is 0 Å². The summed E-state index contributed by atoms with van der Waals surface area (Å²) in [5, 5.41) is 4.15. The van der Waals surface area contributed by atoms with E-state index in [0.717, 1.165) is 16.6 Å². The molecule has 3 heterocycles. The maximum atomic E-state index is 13.8. The highest BCUT2D eigenvalue weighted by Crippen LogP contribution is 2.22. The van der Waals surface area contributed by atoms with Gasteiger partial charge in [0, 0.05) is 48.2 Å². The lowest BCUT2D eigenvalue weighted by Crippen LogP contribution is -1.99. The topological polar surface area (TPSA) is 43.6 Å². The first-order valence-corrected chi connectivity index (χ1v) is 7.78. The molecule has 3 aromatic heterocycles. The van der Waals surface area contributed by atoms with Gasteiger partial charge < -0.3 is 0 Å². The third kappa shape index (κ3) is 2.98. The molecule has 25 heavy (non-hydrogen) atoms. The van der Waals surface area contributed by atoms with Gasteiger partial charge in [-0.05, 0) is 30.3 Å². The van der Waals surface area contributed by atoms with Crippen molar-refractivity contribution in [3.63, 3.8) is 0 Å². The molecule has 4 aromatic rings. The van der Waals surface area contributed by atoms with Crippen LogP contribution in [0.5, 0.6) is 0 Å². The summed E-state index contributed by atoms with van der Waals surface area (Å²) in [4.78, 5) is 8.93. The number of fused-ring (bicyclic) bond motifs is 1. The molecular formula is C19H14F2N4. The summed E-state index contributed by atoms with van der Waals surface area (Å²) >= 11 is 0. The van der Waals surface area contributed by atoms with Crippen LogP contribution < -0.4 is 0 Å². The van der Waals surface area contributed by atoms with Crippen molar-refractivity contribution in [2.24, 2.45) is 7.05 Å². The van der Waals surface area contributed by atoms with Crippen LogP contribution >= 0.6 is 0 Å². The molecule has 0 N–H and O–H groups in total. The monoisotopic (exact) mass is 336 g/mol. The van der Waals surface area contributed by atoms with Crippen LogP contribution in [0.1, 0.15) is 11.3 Å². The molecule has 4 nitrogen and oxygen atoms in total. The van der Waals surface area contributed by atoms with Crippen molar-refractivity contribution in [3.05, 3.63) is 77.9 Å². The number of aromatic nitrogens is 4. The molecule has 0 saturated carbocycles. The Bertz CT molecular complexity index is 1050. The Balaban J connectivity index is 1.74. The fraction of sp³-hybridized carbons (Fsp3) is 0.105. The molecule has 0 aliphatic heterocycles. The number of hydrogen-bond acceptors (Lipinski definition) is 3. The van der Waals surface area contributed by atoms with Crippen LogP contribution in [0.25, 0.3) is 22.2 Å². The van der Waals surface area contributed by atoms with E-state index in [4.69, 9.17) is 0 Å². The number of hydrogen-bond donors (Lipinski definition) is 0. The molecule has 0 aliphatic rings. The number of aryl methyl sites for hydroxylation is 1. The van der Waals surface area contributed by atoms with Gasteiger partial charge in [-0.3, -0.25) is 14.6 Å². The van der Waals surface area contributed by atoms with Gasteiger partial charge in [-0.2, -0.15) is 5.10 Å². The van der Waals surface area contributed by atoms with Crippen molar-refractivity contribution < 1.29 is 8.78 Å². The molecule has 0 aliphatic carbocycles. The molecule has 0 atom stereocenters. The zero-order valence-corrected chi connectivity index (χ0v) is 13.4. The summed E-state index contributed by atoms with van der Waals surface area (Å²) in [6.07, 6.45) is 5.49. The third-order valence-electron chi connectivity index (χ3n) is 4.05. The smallest absolute Gasteiger partial charge is 0.129 e. The summed E-state index contributed by atoms with van der Waals surface area (Å²) in [6, 6.07) is 9.31. The number of rotatable bonds is 3. The molecule has 124 valence electrons. The van der Waals surface area contributed by atoms with Crippen molar-refractivity contribution in [1.82, 2.24) is 19.7 Å². The highest BCUT2D eigenvalue weighted by molar-refractivity contribution is 5.80. The first-order valence-electron chi connectivity index (χ1n) is 7.78. The van der Waals surface area contributed by atoms with E-state index >= 15 is 0 Å². The van der Waals surface area contributed by atoms with Gasteiger partial charge in [0.05, 0.1) is 17.2 Å². The lowest BCUT2D eigenvalue weighted by molar-refractivity contribution is 0.560. The number of nitrogens with zero attached hydrogens (tertiary/aromatic N) is 4. The fourth-order valence-electron chi connectivity index (χ4n) is 2.76. The standard InChI is InChI=1S/C19H14F2N4/c1-25-11-13(10-23-25)12-7-19-18(22-9-12)6-5-14(24-19)8-15-16(20)3-2-4-17(15)21/h2-7,9-11H,8H2,1H3. The molecular weight excluding hydrogens is 322 g/mol. The molecule has 4 rings (SSSR count). The van der Waals surface area contributed by atoms with Crippen LogP contribution in [0.4, 0.5) is 8.78 Å². The predicted octanol–water partition coefficient (Wildman–Crippen LogP) is 3.90. The molecule has 0 spiro atoms. The van der Waals surface area contributed by atoms with Gasteiger partial charge in [0.1, 0.15) is 11.6 Å². The lowest BCUT2D eigenvalue weighted by Gasteiger charge is -2.06. The Morgan fingerprint density at radius 3 is 2.48 bits per heavy atom. The molecule has 6 heteroatoms. The molecule has 0 amide bonds. The second kappa shape index (κ2) is 6.05. The molecule has 0 fully saturated rings. The lowest BCUT2D eigenvalue weighted by atomic mass is 10.1. The Kier molecular flexibility index (Phi) is 3.72. The van der Waals surface area contributed by atoms with E-state index in [1.807, 2.05) is 25.4 Å². The SMILES string of the molecule is Cn1cc(-c2cnc3ccc(Cc4c(F)cccc4F)nc3c2)cn1. The van der Waals surface area contributed by atoms with Gasteiger partial charge in [0.15, 0.2) is 0 Å². The third-order valence-corrected chi connectivity index (χ3v) is 4.05. The summed E-state index contributed by atoms with van der Waals surface area (Å²) in [5.41, 5.74) is 3.83. The van der Waals surface area contributed by atoms with E-state index in [-0.39, 0.29) is 12.0 Å². The maximum absolute atomic E-state index is 13.8. The van der Waals surface area contributed by atoms with E-state index in [2.05, 4.69) is 15.1 Å². The zero-order valence-electron chi connectivity index (χ0n) is 13.4. The average Bonchev–Trinajstić information content (AvgIpc) is 3.04. The van der Waals surface area contributed by atoms with Gasteiger partial charge >= 0.3 is 0 Å².